The molecule has 2 aromatic rings. The number of hydrogen-bond acceptors (Lipinski definition) is 4. The van der Waals surface area contributed by atoms with E-state index < -0.39 is 13.4 Å². The van der Waals surface area contributed by atoms with E-state index in [1.807, 2.05) is 79.7 Å². The molecule has 144 valence electrons. The SMILES string of the molecule is C=C(C)CN(Cc1ccccc1)C(/C=C/c1ccccc1)P(=O)(OC)OC. The van der Waals surface area contributed by atoms with Crippen molar-refractivity contribution in [3.8, 4) is 0 Å². The van der Waals surface area contributed by atoms with Crippen LogP contribution in [0.15, 0.2) is 78.9 Å². The van der Waals surface area contributed by atoms with E-state index in [1.54, 1.807) is 0 Å². The third-order valence-corrected chi connectivity index (χ3v) is 6.33. The van der Waals surface area contributed by atoms with Gasteiger partial charge in [0.05, 0.1) is 0 Å². The Labute approximate surface area is 162 Å². The molecule has 2 rings (SSSR count). The topological polar surface area (TPSA) is 38.8 Å². The molecule has 0 fully saturated rings. The lowest BCUT2D eigenvalue weighted by atomic mass is 10.2. The summed E-state index contributed by atoms with van der Waals surface area (Å²) in [6, 6.07) is 20.0. The van der Waals surface area contributed by atoms with E-state index in [4.69, 9.17) is 9.05 Å². The van der Waals surface area contributed by atoms with Crippen molar-refractivity contribution in [2.24, 2.45) is 0 Å². The molecule has 0 aliphatic carbocycles. The van der Waals surface area contributed by atoms with Crippen LogP contribution in [0.2, 0.25) is 0 Å². The largest absolute Gasteiger partial charge is 0.351 e. The third-order valence-electron chi connectivity index (χ3n) is 4.17. The van der Waals surface area contributed by atoms with Crippen LogP contribution in [-0.2, 0) is 20.2 Å². The van der Waals surface area contributed by atoms with E-state index in [1.165, 1.54) is 14.2 Å². The summed E-state index contributed by atoms with van der Waals surface area (Å²) < 4.78 is 24.0. The Balaban J connectivity index is 2.40. The predicted octanol–water partition coefficient (Wildman–Crippen LogP) is 5.59. The minimum atomic E-state index is -3.38. The predicted molar refractivity (Wildman–Crippen MR) is 113 cm³/mol. The fourth-order valence-corrected chi connectivity index (χ4v) is 4.33. The Morgan fingerprint density at radius 2 is 1.63 bits per heavy atom. The molecule has 5 heteroatoms. The molecule has 0 saturated carbocycles. The van der Waals surface area contributed by atoms with Crippen LogP contribution in [0.4, 0.5) is 0 Å². The Kier molecular flexibility index (Phi) is 8.21. The van der Waals surface area contributed by atoms with Gasteiger partial charge in [0.15, 0.2) is 0 Å². The van der Waals surface area contributed by atoms with Crippen molar-refractivity contribution in [3.05, 3.63) is 90.0 Å². The number of hydrogen-bond donors (Lipinski definition) is 0. The highest BCUT2D eigenvalue weighted by Crippen LogP contribution is 2.53. The van der Waals surface area contributed by atoms with Gasteiger partial charge in [-0.05, 0) is 18.1 Å². The highest BCUT2D eigenvalue weighted by molar-refractivity contribution is 7.54. The summed E-state index contributed by atoms with van der Waals surface area (Å²) in [5.74, 6) is -0.537. The first kappa shape index (κ1) is 21.3. The maximum absolute atomic E-state index is 13.3. The fraction of sp³-hybridized carbons (Fsp3) is 0.273. The van der Waals surface area contributed by atoms with Gasteiger partial charge in [0.25, 0.3) is 0 Å². The molecular weight excluding hydrogens is 357 g/mol. The van der Waals surface area contributed by atoms with E-state index in [0.717, 1.165) is 16.7 Å². The van der Waals surface area contributed by atoms with Gasteiger partial charge in [-0.1, -0.05) is 85.0 Å². The Morgan fingerprint density at radius 3 is 2.15 bits per heavy atom. The fourth-order valence-electron chi connectivity index (χ4n) is 2.89. The zero-order chi connectivity index (χ0) is 19.7. The summed E-state index contributed by atoms with van der Waals surface area (Å²) in [6.07, 6.45) is 3.85. The second kappa shape index (κ2) is 10.4. The Bertz CT molecular complexity index is 782. The average Bonchev–Trinajstić information content (AvgIpc) is 2.69. The molecule has 0 spiro atoms. The van der Waals surface area contributed by atoms with Gasteiger partial charge in [-0.3, -0.25) is 9.46 Å². The quantitative estimate of drug-likeness (QED) is 0.395. The summed E-state index contributed by atoms with van der Waals surface area (Å²) in [6.45, 7) is 7.18. The average molecular weight is 385 g/mol. The van der Waals surface area contributed by atoms with Gasteiger partial charge in [0, 0.05) is 27.3 Å². The van der Waals surface area contributed by atoms with Crippen LogP contribution in [-0.4, -0.2) is 31.4 Å². The molecule has 1 atom stereocenters. The van der Waals surface area contributed by atoms with Crippen LogP contribution >= 0.6 is 7.60 Å². The molecule has 0 aliphatic heterocycles. The maximum Gasteiger partial charge on any atom is 0.351 e. The highest BCUT2D eigenvalue weighted by Gasteiger charge is 2.36. The molecule has 0 heterocycles. The zero-order valence-corrected chi connectivity index (χ0v) is 17.1. The van der Waals surface area contributed by atoms with Gasteiger partial charge < -0.3 is 9.05 Å². The van der Waals surface area contributed by atoms with Gasteiger partial charge in [-0.25, -0.2) is 0 Å². The van der Waals surface area contributed by atoms with Crippen LogP contribution in [0.1, 0.15) is 18.1 Å². The van der Waals surface area contributed by atoms with Crippen molar-refractivity contribution < 1.29 is 13.6 Å². The van der Waals surface area contributed by atoms with Crippen molar-refractivity contribution in [2.45, 2.75) is 19.3 Å². The van der Waals surface area contributed by atoms with E-state index in [9.17, 15) is 4.57 Å². The molecule has 2 aromatic carbocycles. The van der Waals surface area contributed by atoms with Crippen LogP contribution < -0.4 is 0 Å². The number of nitrogens with zero attached hydrogens (tertiary/aromatic N) is 1. The van der Waals surface area contributed by atoms with Gasteiger partial charge in [0.1, 0.15) is 5.78 Å². The van der Waals surface area contributed by atoms with Crippen LogP contribution in [0, 0.1) is 0 Å². The molecule has 0 radical (unpaired) electrons. The van der Waals surface area contributed by atoms with Crippen molar-refractivity contribution >= 4 is 13.7 Å². The van der Waals surface area contributed by atoms with E-state index in [-0.39, 0.29) is 0 Å². The summed E-state index contributed by atoms with van der Waals surface area (Å²) in [7, 11) is -0.528. The molecule has 0 N–H and O–H groups in total. The van der Waals surface area contributed by atoms with E-state index >= 15 is 0 Å². The van der Waals surface area contributed by atoms with E-state index in [0.29, 0.717) is 13.1 Å². The molecule has 1 unspecified atom stereocenters. The molecule has 27 heavy (non-hydrogen) atoms. The first-order chi connectivity index (χ1) is 13.0. The van der Waals surface area contributed by atoms with E-state index in [2.05, 4.69) is 11.5 Å². The lowest BCUT2D eigenvalue weighted by Crippen LogP contribution is -2.35. The molecule has 0 amide bonds. The van der Waals surface area contributed by atoms with Crippen molar-refractivity contribution in [2.75, 3.05) is 20.8 Å². The summed E-state index contributed by atoms with van der Waals surface area (Å²) in [4.78, 5) is 2.07. The summed E-state index contributed by atoms with van der Waals surface area (Å²) in [5.41, 5.74) is 3.12. The second-order valence-electron chi connectivity index (χ2n) is 6.44. The monoisotopic (exact) mass is 385 g/mol. The number of rotatable bonds is 10. The van der Waals surface area contributed by atoms with Crippen LogP contribution in [0.25, 0.3) is 6.08 Å². The second-order valence-corrected chi connectivity index (χ2v) is 8.78. The normalized spacial score (nSPS) is 13.2. The zero-order valence-electron chi connectivity index (χ0n) is 16.2. The molecule has 0 aromatic heterocycles. The lowest BCUT2D eigenvalue weighted by Gasteiger charge is -2.33. The molecule has 0 bridgehead atoms. The van der Waals surface area contributed by atoms with Gasteiger partial charge in [-0.2, -0.15) is 0 Å². The minimum Gasteiger partial charge on any atom is -0.311 e. The van der Waals surface area contributed by atoms with Crippen LogP contribution in [0.5, 0.6) is 0 Å². The molecular formula is C22H28NO3P. The lowest BCUT2D eigenvalue weighted by molar-refractivity contribution is 0.212. The Morgan fingerprint density at radius 1 is 1.07 bits per heavy atom. The summed E-state index contributed by atoms with van der Waals surface area (Å²) in [5, 5.41) is 0. The maximum atomic E-state index is 13.3. The third kappa shape index (κ3) is 6.30. The highest BCUT2D eigenvalue weighted by atomic mass is 31.2. The Hall–Kier alpha value is -1.97. The first-order valence-electron chi connectivity index (χ1n) is 8.85. The van der Waals surface area contributed by atoms with Gasteiger partial charge >= 0.3 is 7.60 Å². The summed E-state index contributed by atoms with van der Waals surface area (Å²) >= 11 is 0. The van der Waals surface area contributed by atoms with Crippen molar-refractivity contribution in [1.82, 2.24) is 4.90 Å². The molecule has 4 nitrogen and oxygen atoms in total. The number of benzene rings is 2. The van der Waals surface area contributed by atoms with Crippen LogP contribution in [0.3, 0.4) is 0 Å². The standard InChI is InChI=1S/C22H28NO3P/c1-19(2)17-23(18-21-13-9-6-10-14-21)22(27(24,25-3)26-4)16-15-20-11-7-5-8-12-20/h5-16,22H,1,17-18H2,2-4H3/b16-15+. The smallest absolute Gasteiger partial charge is 0.311 e. The molecule has 0 saturated heterocycles. The molecule has 0 aliphatic rings. The van der Waals surface area contributed by atoms with Crippen molar-refractivity contribution in [3.63, 3.8) is 0 Å². The van der Waals surface area contributed by atoms with Crippen molar-refractivity contribution in [1.29, 1.82) is 0 Å². The van der Waals surface area contributed by atoms with Gasteiger partial charge in [0.2, 0.25) is 0 Å². The van der Waals surface area contributed by atoms with Gasteiger partial charge in [-0.15, -0.1) is 0 Å². The first-order valence-corrected chi connectivity index (χ1v) is 10.5. The minimum absolute atomic E-state index is 0.537.